The molecular weight excluding hydrogens is 290 g/mol. The maximum Gasteiger partial charge on any atom is 0.255 e. The van der Waals surface area contributed by atoms with Crippen LogP contribution in [0.2, 0.25) is 0 Å². The van der Waals surface area contributed by atoms with Crippen molar-refractivity contribution in [1.82, 2.24) is 20.1 Å². The number of nitrogens with one attached hydrogen (secondary N) is 2. The highest BCUT2D eigenvalue weighted by Crippen LogP contribution is 2.29. The Kier molecular flexibility index (Phi) is 4.32. The van der Waals surface area contributed by atoms with Crippen LogP contribution in [0.15, 0.2) is 24.5 Å². The number of carbonyl (C=O) groups excluding carboxylic acids is 1. The molecule has 6 nitrogen and oxygen atoms in total. The first-order chi connectivity index (χ1) is 11.1. The molecule has 0 radical (unpaired) electrons. The zero-order valence-electron chi connectivity index (χ0n) is 13.8. The summed E-state index contributed by atoms with van der Waals surface area (Å²) in [7, 11) is 1.95. The second-order valence-electron chi connectivity index (χ2n) is 6.29. The molecule has 0 aliphatic heterocycles. The lowest BCUT2D eigenvalue weighted by Crippen LogP contribution is -2.32. The monoisotopic (exact) mass is 313 g/mol. The average Bonchev–Trinajstić information content (AvgIpc) is 2.90. The molecule has 2 heterocycles. The highest BCUT2D eigenvalue weighted by atomic mass is 16.1. The summed E-state index contributed by atoms with van der Waals surface area (Å²) in [4.78, 5) is 17.0. The molecule has 2 aromatic heterocycles. The summed E-state index contributed by atoms with van der Waals surface area (Å²) in [5, 5.41) is 10.7. The first-order valence-corrected chi connectivity index (χ1v) is 8.09. The summed E-state index contributed by atoms with van der Waals surface area (Å²) in [6.07, 6.45) is 6.59. The van der Waals surface area contributed by atoms with Crippen LogP contribution in [-0.4, -0.2) is 26.7 Å². The molecular formula is C17H23N5O. The third-order valence-electron chi connectivity index (χ3n) is 4.16. The standard InChI is InChI=1S/C17H23N5O/c1-11(2)20-16-12(6-5-9-18-16)17(23)21-14-7-4-8-15-13(14)10-19-22(15)3/h5-6,9-11,14H,4,7-8H2,1-3H3,(H,18,20)(H,21,23). The van der Waals surface area contributed by atoms with Crippen molar-refractivity contribution in [2.75, 3.05) is 5.32 Å². The van der Waals surface area contributed by atoms with Gasteiger partial charge in [0.15, 0.2) is 0 Å². The van der Waals surface area contributed by atoms with E-state index in [1.165, 1.54) is 5.69 Å². The molecule has 1 unspecified atom stereocenters. The lowest BCUT2D eigenvalue weighted by Gasteiger charge is -2.24. The second-order valence-corrected chi connectivity index (χ2v) is 6.29. The number of rotatable bonds is 4. The molecule has 2 aromatic rings. The van der Waals surface area contributed by atoms with Crippen LogP contribution in [0.5, 0.6) is 0 Å². The lowest BCUT2D eigenvalue weighted by atomic mass is 9.93. The zero-order valence-corrected chi connectivity index (χ0v) is 13.8. The molecule has 0 bridgehead atoms. The van der Waals surface area contributed by atoms with Crippen LogP contribution in [0.25, 0.3) is 0 Å². The fraction of sp³-hybridized carbons (Fsp3) is 0.471. The summed E-state index contributed by atoms with van der Waals surface area (Å²) in [5.41, 5.74) is 2.93. The first kappa shape index (κ1) is 15.5. The van der Waals surface area contributed by atoms with Gasteiger partial charge in [-0.15, -0.1) is 0 Å². The average molecular weight is 313 g/mol. The summed E-state index contributed by atoms with van der Waals surface area (Å²) < 4.78 is 1.91. The number of carbonyl (C=O) groups is 1. The van der Waals surface area contributed by atoms with Crippen LogP contribution in [0.4, 0.5) is 5.82 Å². The van der Waals surface area contributed by atoms with Gasteiger partial charge in [0.25, 0.3) is 5.91 Å². The van der Waals surface area contributed by atoms with E-state index in [-0.39, 0.29) is 18.0 Å². The van der Waals surface area contributed by atoms with Gasteiger partial charge in [-0.2, -0.15) is 5.10 Å². The van der Waals surface area contributed by atoms with Crippen molar-refractivity contribution >= 4 is 11.7 Å². The minimum absolute atomic E-state index is 0.0204. The summed E-state index contributed by atoms with van der Waals surface area (Å²) in [5.74, 6) is 0.533. The molecule has 1 amide bonds. The molecule has 0 aromatic carbocycles. The van der Waals surface area contributed by atoms with Gasteiger partial charge in [-0.05, 0) is 45.2 Å². The van der Waals surface area contributed by atoms with Gasteiger partial charge in [-0.25, -0.2) is 4.98 Å². The number of pyridine rings is 1. The molecule has 0 fully saturated rings. The van der Waals surface area contributed by atoms with Crippen LogP contribution >= 0.6 is 0 Å². The number of fused-ring (bicyclic) bond motifs is 1. The first-order valence-electron chi connectivity index (χ1n) is 8.09. The number of amides is 1. The van der Waals surface area contributed by atoms with Gasteiger partial charge in [0.1, 0.15) is 5.82 Å². The smallest absolute Gasteiger partial charge is 0.255 e. The Labute approximate surface area is 136 Å². The van der Waals surface area contributed by atoms with Gasteiger partial charge in [0, 0.05) is 30.5 Å². The molecule has 23 heavy (non-hydrogen) atoms. The van der Waals surface area contributed by atoms with Crippen molar-refractivity contribution in [1.29, 1.82) is 0 Å². The van der Waals surface area contributed by atoms with E-state index in [2.05, 4.69) is 20.7 Å². The van der Waals surface area contributed by atoms with Gasteiger partial charge in [-0.1, -0.05) is 0 Å². The topological polar surface area (TPSA) is 71.8 Å². The van der Waals surface area contributed by atoms with E-state index in [9.17, 15) is 4.79 Å². The minimum atomic E-state index is -0.0945. The van der Waals surface area contributed by atoms with E-state index in [1.54, 1.807) is 18.3 Å². The van der Waals surface area contributed by atoms with Gasteiger partial charge in [-0.3, -0.25) is 9.48 Å². The lowest BCUT2D eigenvalue weighted by molar-refractivity contribution is 0.0933. The van der Waals surface area contributed by atoms with Crippen molar-refractivity contribution in [2.24, 2.45) is 7.05 Å². The van der Waals surface area contributed by atoms with Crippen LogP contribution in [-0.2, 0) is 13.5 Å². The van der Waals surface area contributed by atoms with Gasteiger partial charge >= 0.3 is 0 Å². The van der Waals surface area contributed by atoms with Crippen molar-refractivity contribution in [3.63, 3.8) is 0 Å². The van der Waals surface area contributed by atoms with E-state index in [4.69, 9.17) is 0 Å². The van der Waals surface area contributed by atoms with E-state index in [0.29, 0.717) is 11.4 Å². The summed E-state index contributed by atoms with van der Waals surface area (Å²) >= 11 is 0. The maximum absolute atomic E-state index is 12.7. The fourth-order valence-electron chi connectivity index (χ4n) is 3.07. The van der Waals surface area contributed by atoms with Gasteiger partial charge < -0.3 is 10.6 Å². The number of nitrogens with zero attached hydrogens (tertiary/aromatic N) is 3. The summed E-state index contributed by atoms with van der Waals surface area (Å²) in [6, 6.07) is 3.83. The van der Waals surface area contributed by atoms with Gasteiger partial charge in [0.2, 0.25) is 0 Å². The third-order valence-corrected chi connectivity index (χ3v) is 4.16. The Balaban J connectivity index is 1.81. The Morgan fingerprint density at radius 2 is 2.26 bits per heavy atom. The van der Waals surface area contributed by atoms with E-state index < -0.39 is 0 Å². The van der Waals surface area contributed by atoms with E-state index in [1.807, 2.05) is 31.8 Å². The van der Waals surface area contributed by atoms with Crippen LogP contribution < -0.4 is 10.6 Å². The molecule has 1 aliphatic carbocycles. The molecule has 2 N–H and O–H groups in total. The molecule has 1 atom stereocenters. The largest absolute Gasteiger partial charge is 0.367 e. The molecule has 3 rings (SSSR count). The number of anilines is 1. The molecule has 0 saturated carbocycles. The molecule has 122 valence electrons. The Bertz CT molecular complexity index is 707. The zero-order chi connectivity index (χ0) is 16.4. The van der Waals surface area contributed by atoms with E-state index >= 15 is 0 Å². The van der Waals surface area contributed by atoms with Gasteiger partial charge in [0.05, 0.1) is 17.8 Å². The van der Waals surface area contributed by atoms with Crippen LogP contribution in [0, 0.1) is 0 Å². The van der Waals surface area contributed by atoms with Crippen LogP contribution in [0.1, 0.15) is 54.3 Å². The van der Waals surface area contributed by atoms with Crippen LogP contribution in [0.3, 0.4) is 0 Å². The molecule has 1 aliphatic rings. The number of hydrogen-bond donors (Lipinski definition) is 2. The van der Waals surface area contributed by atoms with E-state index in [0.717, 1.165) is 24.8 Å². The Hall–Kier alpha value is -2.37. The number of aryl methyl sites for hydroxylation is 1. The second kappa shape index (κ2) is 6.40. The maximum atomic E-state index is 12.7. The SMILES string of the molecule is CC(C)Nc1ncccc1C(=O)NC1CCCc2c1cnn2C. The minimum Gasteiger partial charge on any atom is -0.367 e. The Morgan fingerprint density at radius 3 is 3.04 bits per heavy atom. The predicted octanol–water partition coefficient (Wildman–Crippen LogP) is 2.44. The number of hydrogen-bond acceptors (Lipinski definition) is 4. The molecule has 0 spiro atoms. The molecule has 0 saturated heterocycles. The van der Waals surface area contributed by atoms with Crippen molar-refractivity contribution in [2.45, 2.75) is 45.2 Å². The summed E-state index contributed by atoms with van der Waals surface area (Å²) in [6.45, 7) is 4.05. The van der Waals surface area contributed by atoms with Crippen molar-refractivity contribution in [3.8, 4) is 0 Å². The predicted molar refractivity (Wildman–Crippen MR) is 89.3 cm³/mol. The van der Waals surface area contributed by atoms with Crippen molar-refractivity contribution in [3.05, 3.63) is 41.3 Å². The third kappa shape index (κ3) is 3.21. The quantitative estimate of drug-likeness (QED) is 0.909. The normalized spacial score (nSPS) is 17.0. The van der Waals surface area contributed by atoms with Crippen molar-refractivity contribution < 1.29 is 4.79 Å². The highest BCUT2D eigenvalue weighted by Gasteiger charge is 2.26. The fourth-order valence-corrected chi connectivity index (χ4v) is 3.07. The molecule has 6 heteroatoms. The number of aromatic nitrogens is 3. The Morgan fingerprint density at radius 1 is 1.43 bits per heavy atom. The highest BCUT2D eigenvalue weighted by molar-refractivity contribution is 5.99.